The molecule has 0 N–H and O–H groups in total. The zero-order valence-corrected chi connectivity index (χ0v) is 21.2. The zero-order valence-electron chi connectivity index (χ0n) is 21.2. The normalized spacial score (nSPS) is 34.0. The second-order valence-electron chi connectivity index (χ2n) is 10.7. The molecule has 5 aliphatic carbocycles. The molecule has 184 valence electrons. The van der Waals surface area contributed by atoms with Crippen molar-refractivity contribution in [3.8, 4) is 0 Å². The summed E-state index contributed by atoms with van der Waals surface area (Å²) in [6.45, 7) is 4.56. The average molecular weight is 481 g/mol. The van der Waals surface area contributed by atoms with Crippen LogP contribution in [0.5, 0.6) is 0 Å². The standard InChI is InChI=1S/C32H32O4/c1-17-23(19-11-7-5-8-12-19)24(20-13-9-6-10-14-20)18(2)26-25(17)27-21-15-16-22(28(26)27)30(32(34)36-4)29(21)31(33)35-3/h5-16,21-24,27-30H,1-4H3/t21-,22+,23+,24-,27+,28-,29-,30+. The average Bonchev–Trinajstić information content (AvgIpc) is 2.90. The number of carbonyl (C=O) groups excluding carboxylic acids is 2. The summed E-state index contributed by atoms with van der Waals surface area (Å²) in [7, 11) is 2.83. The molecule has 0 heterocycles. The molecule has 2 saturated carbocycles. The number of hydrogen-bond donors (Lipinski definition) is 0. The highest BCUT2D eigenvalue weighted by Gasteiger charge is 2.65. The fraction of sp³-hybridized carbons (Fsp3) is 0.375. The minimum Gasteiger partial charge on any atom is -0.469 e. The minimum atomic E-state index is -0.511. The molecule has 7 rings (SSSR count). The van der Waals surface area contributed by atoms with E-state index in [-0.39, 0.29) is 47.4 Å². The third-order valence-corrected chi connectivity index (χ3v) is 9.32. The number of ether oxygens (including phenoxy) is 2. The van der Waals surface area contributed by atoms with E-state index in [0.717, 1.165) is 0 Å². The van der Waals surface area contributed by atoms with Crippen molar-refractivity contribution in [1.29, 1.82) is 0 Å². The maximum atomic E-state index is 13.0. The second-order valence-corrected chi connectivity index (χ2v) is 10.7. The van der Waals surface area contributed by atoms with E-state index < -0.39 is 11.8 Å². The fourth-order valence-electron chi connectivity index (χ4n) is 8.02. The van der Waals surface area contributed by atoms with Crippen LogP contribution in [0.4, 0.5) is 0 Å². The van der Waals surface area contributed by atoms with E-state index in [4.69, 9.17) is 9.47 Å². The van der Waals surface area contributed by atoms with Gasteiger partial charge in [-0.2, -0.15) is 0 Å². The maximum Gasteiger partial charge on any atom is 0.310 e. The highest BCUT2D eigenvalue weighted by molar-refractivity contribution is 5.85. The molecular weight excluding hydrogens is 448 g/mol. The molecule has 4 heteroatoms. The van der Waals surface area contributed by atoms with Crippen LogP contribution in [0.25, 0.3) is 0 Å². The lowest BCUT2D eigenvalue weighted by molar-refractivity contribution is -0.169. The number of esters is 2. The van der Waals surface area contributed by atoms with Gasteiger partial charge in [0, 0.05) is 11.8 Å². The summed E-state index contributed by atoms with van der Waals surface area (Å²) in [4.78, 5) is 26.0. The van der Waals surface area contributed by atoms with Crippen LogP contribution >= 0.6 is 0 Å². The molecule has 2 aromatic carbocycles. The lowest BCUT2D eigenvalue weighted by Gasteiger charge is -2.62. The minimum absolute atomic E-state index is 0.0669. The summed E-state index contributed by atoms with van der Waals surface area (Å²) in [6.07, 6.45) is 4.33. The first-order valence-electron chi connectivity index (χ1n) is 12.8. The van der Waals surface area contributed by atoms with Crippen LogP contribution in [0, 0.1) is 35.5 Å². The van der Waals surface area contributed by atoms with Gasteiger partial charge in [-0.1, -0.05) is 84.0 Å². The predicted octanol–water partition coefficient (Wildman–Crippen LogP) is 5.84. The molecule has 0 unspecified atom stereocenters. The van der Waals surface area contributed by atoms with Crippen molar-refractivity contribution < 1.29 is 19.1 Å². The number of allylic oxidation sites excluding steroid dienone is 6. The molecule has 0 amide bonds. The molecular formula is C32H32O4. The molecule has 0 aliphatic heterocycles. The molecule has 0 radical (unpaired) electrons. The molecule has 0 saturated heterocycles. The Kier molecular flexibility index (Phi) is 5.51. The van der Waals surface area contributed by atoms with Crippen LogP contribution in [0.15, 0.2) is 95.1 Å². The number of rotatable bonds is 4. The molecule has 2 fully saturated rings. The highest BCUT2D eigenvalue weighted by Crippen LogP contribution is 2.69. The second kappa shape index (κ2) is 8.62. The lowest BCUT2D eigenvalue weighted by Crippen LogP contribution is -2.60. The molecule has 2 bridgehead atoms. The molecule has 0 aromatic heterocycles. The van der Waals surface area contributed by atoms with Gasteiger partial charge in [0.05, 0.1) is 26.1 Å². The van der Waals surface area contributed by atoms with Crippen molar-refractivity contribution in [2.24, 2.45) is 35.5 Å². The Morgan fingerprint density at radius 2 is 0.972 bits per heavy atom. The Bertz CT molecular complexity index is 1200. The van der Waals surface area contributed by atoms with E-state index in [1.165, 1.54) is 47.6 Å². The summed E-state index contributed by atoms with van der Waals surface area (Å²) < 4.78 is 10.4. The van der Waals surface area contributed by atoms with Crippen LogP contribution in [-0.4, -0.2) is 26.2 Å². The summed E-state index contributed by atoms with van der Waals surface area (Å²) in [5.41, 5.74) is 8.19. The Balaban J connectivity index is 1.53. The topological polar surface area (TPSA) is 52.6 Å². The molecule has 4 nitrogen and oxygen atoms in total. The van der Waals surface area contributed by atoms with Gasteiger partial charge in [-0.15, -0.1) is 0 Å². The van der Waals surface area contributed by atoms with Gasteiger partial charge in [0.15, 0.2) is 0 Å². The maximum absolute atomic E-state index is 13.0. The van der Waals surface area contributed by atoms with Gasteiger partial charge in [-0.25, -0.2) is 0 Å². The van der Waals surface area contributed by atoms with E-state index in [9.17, 15) is 9.59 Å². The van der Waals surface area contributed by atoms with Crippen molar-refractivity contribution >= 4 is 11.9 Å². The van der Waals surface area contributed by atoms with E-state index in [1.807, 2.05) is 0 Å². The zero-order chi connectivity index (χ0) is 25.1. The largest absolute Gasteiger partial charge is 0.469 e. The van der Waals surface area contributed by atoms with Gasteiger partial charge >= 0.3 is 11.9 Å². The highest BCUT2D eigenvalue weighted by atomic mass is 16.5. The number of benzene rings is 2. The van der Waals surface area contributed by atoms with Crippen LogP contribution in [-0.2, 0) is 19.1 Å². The first kappa shape index (κ1) is 23.0. The van der Waals surface area contributed by atoms with Crippen molar-refractivity contribution in [3.05, 3.63) is 106 Å². The molecule has 8 atom stereocenters. The first-order valence-corrected chi connectivity index (χ1v) is 12.8. The Morgan fingerprint density at radius 3 is 1.31 bits per heavy atom. The predicted molar refractivity (Wildman–Crippen MR) is 138 cm³/mol. The van der Waals surface area contributed by atoms with Gasteiger partial charge in [0.2, 0.25) is 0 Å². The monoisotopic (exact) mass is 480 g/mol. The van der Waals surface area contributed by atoms with Gasteiger partial charge in [0.25, 0.3) is 0 Å². The van der Waals surface area contributed by atoms with E-state index in [1.54, 1.807) is 0 Å². The van der Waals surface area contributed by atoms with Crippen LogP contribution in [0.3, 0.4) is 0 Å². The van der Waals surface area contributed by atoms with Gasteiger partial charge in [0.1, 0.15) is 0 Å². The van der Waals surface area contributed by atoms with Crippen molar-refractivity contribution in [2.75, 3.05) is 14.2 Å². The smallest absolute Gasteiger partial charge is 0.310 e. The van der Waals surface area contributed by atoms with Gasteiger partial charge in [-0.05, 0) is 59.8 Å². The Hall–Kier alpha value is -3.40. The Morgan fingerprint density at radius 1 is 0.611 bits per heavy atom. The van der Waals surface area contributed by atoms with Crippen molar-refractivity contribution in [3.63, 3.8) is 0 Å². The van der Waals surface area contributed by atoms with E-state index in [0.29, 0.717) is 0 Å². The fourth-order valence-corrected chi connectivity index (χ4v) is 8.02. The third kappa shape index (κ3) is 3.06. The quantitative estimate of drug-likeness (QED) is 0.407. The van der Waals surface area contributed by atoms with Gasteiger partial charge < -0.3 is 9.47 Å². The number of methoxy groups -OCH3 is 2. The van der Waals surface area contributed by atoms with Crippen molar-refractivity contribution in [2.45, 2.75) is 25.7 Å². The number of hydrogen-bond acceptors (Lipinski definition) is 4. The number of fused-ring (bicyclic) bond motifs is 2. The number of carbonyl (C=O) groups is 2. The molecule has 5 aliphatic rings. The molecule has 36 heavy (non-hydrogen) atoms. The summed E-state index contributed by atoms with van der Waals surface area (Å²) in [5, 5.41) is 0. The van der Waals surface area contributed by atoms with Crippen LogP contribution in [0.1, 0.15) is 36.8 Å². The third-order valence-electron chi connectivity index (χ3n) is 9.32. The van der Waals surface area contributed by atoms with Crippen LogP contribution in [0.2, 0.25) is 0 Å². The van der Waals surface area contributed by atoms with Crippen molar-refractivity contribution in [1.82, 2.24) is 0 Å². The van der Waals surface area contributed by atoms with Crippen LogP contribution < -0.4 is 0 Å². The molecule has 0 spiro atoms. The Labute approximate surface area is 212 Å². The van der Waals surface area contributed by atoms with E-state index >= 15 is 0 Å². The summed E-state index contributed by atoms with van der Waals surface area (Å²) in [6, 6.07) is 21.5. The lowest BCUT2D eigenvalue weighted by atomic mass is 9.40. The van der Waals surface area contributed by atoms with Gasteiger partial charge in [-0.3, -0.25) is 9.59 Å². The summed E-state index contributed by atoms with van der Waals surface area (Å²) >= 11 is 0. The molecule has 2 aromatic rings. The summed E-state index contributed by atoms with van der Waals surface area (Å²) in [5.74, 6) is -0.884. The van der Waals surface area contributed by atoms with E-state index in [2.05, 4.69) is 86.7 Å². The first-order chi connectivity index (χ1) is 17.5. The SMILES string of the molecule is COC(=O)[C@@H]1[C@@H]2C=C[C@H]([C@@H]1C(=O)OC)[C@@H]1C3=C(C)[C@H](c4ccccc4)[C@H](c4ccccc4)C(C)=C3[C@H]21.